The Morgan fingerprint density at radius 1 is 1.39 bits per heavy atom. The van der Waals surface area contributed by atoms with E-state index in [2.05, 4.69) is 50.8 Å². The van der Waals surface area contributed by atoms with Gasteiger partial charge in [-0.05, 0) is 11.6 Å². The fourth-order valence-electron chi connectivity index (χ4n) is 2.15. The summed E-state index contributed by atoms with van der Waals surface area (Å²) in [6.07, 6.45) is 0.893. The van der Waals surface area contributed by atoms with Crippen LogP contribution in [0, 0.1) is 0 Å². The van der Waals surface area contributed by atoms with Gasteiger partial charge in [-0.25, -0.2) is 4.98 Å². The molecule has 4 nitrogen and oxygen atoms in total. The average molecular weight is 260 g/mol. The summed E-state index contributed by atoms with van der Waals surface area (Å²) in [5.74, 6) is 0.935. The van der Waals surface area contributed by atoms with Crippen molar-refractivity contribution in [1.82, 2.24) is 14.7 Å². The lowest BCUT2D eigenvalue weighted by molar-refractivity contribution is 0.712. The maximum atomic E-state index is 4.60. The summed E-state index contributed by atoms with van der Waals surface area (Å²) in [5, 5.41) is 4.44. The molecule has 0 aliphatic carbocycles. The summed E-state index contributed by atoms with van der Waals surface area (Å²) in [5.41, 5.74) is 2.57. The van der Waals surface area contributed by atoms with Crippen molar-refractivity contribution < 1.29 is 0 Å². The molecule has 0 spiro atoms. The highest BCUT2D eigenvalue weighted by molar-refractivity contribution is 7.09. The number of hydrogen-bond donors (Lipinski definition) is 1. The highest BCUT2D eigenvalue weighted by Crippen LogP contribution is 2.30. The van der Waals surface area contributed by atoms with Crippen LogP contribution in [0.2, 0.25) is 0 Å². The second-order valence-corrected chi connectivity index (χ2v) is 5.03. The first-order valence-electron chi connectivity index (χ1n) is 6.27. The van der Waals surface area contributed by atoms with Gasteiger partial charge in [0.25, 0.3) is 0 Å². The minimum atomic E-state index is 0.893. The van der Waals surface area contributed by atoms with Crippen molar-refractivity contribution >= 4 is 22.4 Å². The summed E-state index contributed by atoms with van der Waals surface area (Å²) in [7, 11) is 0. The minimum absolute atomic E-state index is 0.893. The van der Waals surface area contributed by atoms with E-state index < -0.39 is 0 Å². The Hall–Kier alpha value is -1.46. The van der Waals surface area contributed by atoms with Crippen LogP contribution in [0.3, 0.4) is 0 Å². The molecular formula is C13H16N4S. The van der Waals surface area contributed by atoms with E-state index in [0.717, 1.165) is 37.0 Å². The van der Waals surface area contributed by atoms with Gasteiger partial charge in [0, 0.05) is 43.3 Å². The molecule has 5 heteroatoms. The van der Waals surface area contributed by atoms with Gasteiger partial charge >= 0.3 is 0 Å². The maximum Gasteiger partial charge on any atom is 0.209 e. The zero-order valence-corrected chi connectivity index (χ0v) is 11.2. The fraction of sp³-hybridized carbons (Fsp3) is 0.385. The highest BCUT2D eigenvalue weighted by atomic mass is 32.1. The lowest BCUT2D eigenvalue weighted by atomic mass is 10.1. The predicted molar refractivity (Wildman–Crippen MR) is 74.4 cm³/mol. The smallest absolute Gasteiger partial charge is 0.209 e. The lowest BCUT2D eigenvalue weighted by Crippen LogP contribution is -2.24. The second-order valence-electron chi connectivity index (χ2n) is 4.30. The van der Waals surface area contributed by atoms with Gasteiger partial charge < -0.3 is 10.2 Å². The molecule has 2 aromatic rings. The van der Waals surface area contributed by atoms with Crippen molar-refractivity contribution in [2.75, 3.05) is 18.0 Å². The van der Waals surface area contributed by atoms with Crippen LogP contribution in [-0.4, -0.2) is 22.4 Å². The Morgan fingerprint density at radius 2 is 2.28 bits per heavy atom. The van der Waals surface area contributed by atoms with E-state index in [1.54, 1.807) is 0 Å². The summed E-state index contributed by atoms with van der Waals surface area (Å²) in [6.45, 7) is 4.92. The molecule has 1 aromatic heterocycles. The molecule has 2 heterocycles. The summed E-state index contributed by atoms with van der Waals surface area (Å²) < 4.78 is 4.38. The Balaban J connectivity index is 2.00. The Kier molecular flexibility index (Phi) is 3.25. The fourth-order valence-corrected chi connectivity index (χ4v) is 2.95. The van der Waals surface area contributed by atoms with Gasteiger partial charge in [-0.2, -0.15) is 4.37 Å². The molecule has 1 aliphatic rings. The van der Waals surface area contributed by atoms with E-state index in [0.29, 0.717) is 0 Å². The van der Waals surface area contributed by atoms with Gasteiger partial charge in [-0.15, -0.1) is 0 Å². The zero-order valence-electron chi connectivity index (χ0n) is 10.4. The number of aromatic nitrogens is 2. The van der Waals surface area contributed by atoms with Crippen molar-refractivity contribution in [3.8, 4) is 0 Å². The molecule has 1 N–H and O–H groups in total. The number of benzene rings is 1. The van der Waals surface area contributed by atoms with Crippen LogP contribution < -0.4 is 10.2 Å². The van der Waals surface area contributed by atoms with Crippen molar-refractivity contribution in [3.05, 3.63) is 35.7 Å². The van der Waals surface area contributed by atoms with E-state index in [1.165, 1.54) is 22.8 Å². The van der Waals surface area contributed by atoms with Crippen LogP contribution in [0.1, 0.15) is 18.3 Å². The van der Waals surface area contributed by atoms with Gasteiger partial charge in [0.2, 0.25) is 5.13 Å². The molecule has 0 bridgehead atoms. The number of nitrogens with one attached hydrogen (secondary N) is 1. The van der Waals surface area contributed by atoms with Crippen molar-refractivity contribution in [1.29, 1.82) is 0 Å². The number of hydrogen-bond acceptors (Lipinski definition) is 5. The molecule has 0 unspecified atom stereocenters. The third kappa shape index (κ3) is 2.11. The van der Waals surface area contributed by atoms with Gasteiger partial charge in [0.05, 0.1) is 0 Å². The van der Waals surface area contributed by atoms with Crippen molar-refractivity contribution in [2.24, 2.45) is 0 Å². The van der Waals surface area contributed by atoms with E-state index in [-0.39, 0.29) is 0 Å². The predicted octanol–water partition coefficient (Wildman–Crippen LogP) is 2.34. The third-order valence-corrected chi connectivity index (χ3v) is 3.89. The standard InChI is InChI=1S/C13H16N4S/c1-2-12-15-13(18-16-12)17-8-7-14-9-10-5-3-4-6-11(10)17/h3-6,14H,2,7-9H2,1H3. The molecular weight excluding hydrogens is 244 g/mol. The number of nitrogens with zero attached hydrogens (tertiary/aromatic N) is 3. The van der Waals surface area contributed by atoms with Crippen LogP contribution in [-0.2, 0) is 13.0 Å². The van der Waals surface area contributed by atoms with Gasteiger partial charge in [-0.1, -0.05) is 25.1 Å². The second kappa shape index (κ2) is 5.04. The average Bonchev–Trinajstić information content (AvgIpc) is 2.78. The lowest BCUT2D eigenvalue weighted by Gasteiger charge is -2.20. The molecule has 0 radical (unpaired) electrons. The summed E-state index contributed by atoms with van der Waals surface area (Å²) in [6, 6.07) is 8.50. The van der Waals surface area contributed by atoms with Crippen LogP contribution in [0.5, 0.6) is 0 Å². The molecule has 0 saturated carbocycles. The SMILES string of the molecule is CCc1nsc(N2CCNCc3ccccc32)n1. The maximum absolute atomic E-state index is 4.60. The van der Waals surface area contributed by atoms with E-state index >= 15 is 0 Å². The summed E-state index contributed by atoms with van der Waals surface area (Å²) >= 11 is 1.49. The van der Waals surface area contributed by atoms with E-state index in [9.17, 15) is 0 Å². The van der Waals surface area contributed by atoms with Crippen LogP contribution in [0.15, 0.2) is 24.3 Å². The van der Waals surface area contributed by atoms with Crippen molar-refractivity contribution in [2.45, 2.75) is 19.9 Å². The molecule has 0 fully saturated rings. The van der Waals surface area contributed by atoms with Gasteiger partial charge in [0.15, 0.2) is 0 Å². The largest absolute Gasteiger partial charge is 0.315 e. The molecule has 0 saturated heterocycles. The highest BCUT2D eigenvalue weighted by Gasteiger charge is 2.18. The molecule has 0 amide bonds. The van der Waals surface area contributed by atoms with Crippen molar-refractivity contribution in [3.63, 3.8) is 0 Å². The first-order valence-corrected chi connectivity index (χ1v) is 7.04. The van der Waals surface area contributed by atoms with Gasteiger partial charge in [-0.3, -0.25) is 0 Å². The monoisotopic (exact) mass is 260 g/mol. The summed E-state index contributed by atoms with van der Waals surface area (Å²) in [4.78, 5) is 6.87. The first kappa shape index (κ1) is 11.6. The van der Waals surface area contributed by atoms with E-state index in [1.807, 2.05) is 0 Å². The minimum Gasteiger partial charge on any atom is -0.315 e. The van der Waals surface area contributed by atoms with Gasteiger partial charge in [0.1, 0.15) is 5.82 Å². The van der Waals surface area contributed by atoms with Crippen LogP contribution in [0.4, 0.5) is 10.8 Å². The molecule has 94 valence electrons. The number of anilines is 2. The Labute approximate surface area is 111 Å². The van der Waals surface area contributed by atoms with Crippen LogP contribution in [0.25, 0.3) is 0 Å². The quantitative estimate of drug-likeness (QED) is 0.900. The molecule has 3 rings (SSSR count). The third-order valence-electron chi connectivity index (χ3n) is 3.11. The molecule has 1 aliphatic heterocycles. The number of rotatable bonds is 2. The van der Waals surface area contributed by atoms with E-state index in [4.69, 9.17) is 0 Å². The first-order chi connectivity index (χ1) is 8.88. The topological polar surface area (TPSA) is 41.1 Å². The number of para-hydroxylation sites is 1. The Morgan fingerprint density at radius 3 is 3.11 bits per heavy atom. The van der Waals surface area contributed by atoms with Crippen LogP contribution >= 0.6 is 11.5 Å². The number of aryl methyl sites for hydroxylation is 1. The normalized spacial score (nSPS) is 15.3. The molecule has 18 heavy (non-hydrogen) atoms. The molecule has 1 aromatic carbocycles. The molecule has 0 atom stereocenters. The number of fused-ring (bicyclic) bond motifs is 1. The Bertz CT molecular complexity index is 537. The zero-order chi connectivity index (χ0) is 12.4.